The van der Waals surface area contributed by atoms with Gasteiger partial charge in [-0.1, -0.05) is 0 Å². The molecule has 0 radical (unpaired) electrons. The van der Waals surface area contributed by atoms with Gasteiger partial charge in [-0.25, -0.2) is 4.98 Å². The van der Waals surface area contributed by atoms with Crippen LogP contribution in [0.3, 0.4) is 0 Å². The van der Waals surface area contributed by atoms with Crippen LogP contribution in [-0.4, -0.2) is 9.97 Å². The number of hydrogen-bond acceptors (Lipinski definition) is 3. The first kappa shape index (κ1) is 9.43. The molecule has 2 aromatic heterocycles. The fourth-order valence-electron chi connectivity index (χ4n) is 1.28. The Morgan fingerprint density at radius 1 is 1.50 bits per heavy atom. The topological polar surface area (TPSA) is 40.7 Å². The van der Waals surface area contributed by atoms with E-state index in [0.717, 1.165) is 18.1 Å². The van der Waals surface area contributed by atoms with Gasteiger partial charge in [0.1, 0.15) is 0 Å². The first-order valence-corrected chi connectivity index (χ1v) is 5.40. The van der Waals surface area contributed by atoms with E-state index in [1.807, 2.05) is 25.4 Å². The highest BCUT2D eigenvalue weighted by molar-refractivity contribution is 7.11. The van der Waals surface area contributed by atoms with Crippen molar-refractivity contribution in [2.45, 2.75) is 20.0 Å². The van der Waals surface area contributed by atoms with Crippen LogP contribution in [-0.2, 0) is 13.1 Å². The summed E-state index contributed by atoms with van der Waals surface area (Å²) < 4.78 is 0. The number of thiazole rings is 1. The molecule has 14 heavy (non-hydrogen) atoms. The predicted octanol–water partition coefficient (Wildman–Crippen LogP) is 2.07. The molecule has 0 unspecified atom stereocenters. The van der Waals surface area contributed by atoms with Gasteiger partial charge in [-0.2, -0.15) is 0 Å². The van der Waals surface area contributed by atoms with Crippen molar-refractivity contribution in [3.8, 4) is 0 Å². The molecule has 0 saturated heterocycles. The molecule has 0 aromatic carbocycles. The lowest BCUT2D eigenvalue weighted by Crippen LogP contribution is -2.11. The van der Waals surface area contributed by atoms with Gasteiger partial charge in [0.15, 0.2) is 0 Å². The van der Waals surface area contributed by atoms with Gasteiger partial charge < -0.3 is 10.3 Å². The standard InChI is InChI=1S/C10H13N3S/c1-8-13-7-10(14-8)6-11-5-9-3-2-4-12-9/h2-4,7,11-12H,5-6H2,1H3. The van der Waals surface area contributed by atoms with E-state index >= 15 is 0 Å². The number of aryl methyl sites for hydroxylation is 1. The van der Waals surface area contributed by atoms with E-state index in [9.17, 15) is 0 Å². The zero-order valence-corrected chi connectivity index (χ0v) is 8.90. The van der Waals surface area contributed by atoms with E-state index in [0.29, 0.717) is 0 Å². The second-order valence-corrected chi connectivity index (χ2v) is 4.46. The summed E-state index contributed by atoms with van der Waals surface area (Å²) in [4.78, 5) is 8.64. The Balaban J connectivity index is 1.78. The molecule has 4 heteroatoms. The number of aromatic nitrogens is 2. The maximum absolute atomic E-state index is 4.20. The summed E-state index contributed by atoms with van der Waals surface area (Å²) in [5, 5.41) is 4.48. The number of nitrogens with one attached hydrogen (secondary N) is 2. The fourth-order valence-corrected chi connectivity index (χ4v) is 2.05. The molecule has 2 aromatic rings. The highest BCUT2D eigenvalue weighted by atomic mass is 32.1. The first-order valence-electron chi connectivity index (χ1n) is 4.59. The third kappa shape index (κ3) is 2.43. The van der Waals surface area contributed by atoms with Crippen LogP contribution in [0.5, 0.6) is 0 Å². The molecule has 0 amide bonds. The van der Waals surface area contributed by atoms with E-state index in [2.05, 4.69) is 21.4 Å². The lowest BCUT2D eigenvalue weighted by atomic mass is 10.4. The lowest BCUT2D eigenvalue weighted by molar-refractivity contribution is 0.689. The van der Waals surface area contributed by atoms with Crippen molar-refractivity contribution in [3.63, 3.8) is 0 Å². The van der Waals surface area contributed by atoms with Crippen molar-refractivity contribution >= 4 is 11.3 Å². The molecular weight excluding hydrogens is 194 g/mol. The normalized spacial score (nSPS) is 10.6. The summed E-state index contributed by atoms with van der Waals surface area (Å²) >= 11 is 1.74. The zero-order chi connectivity index (χ0) is 9.80. The Hall–Kier alpha value is -1.13. The highest BCUT2D eigenvalue weighted by Gasteiger charge is 1.97. The van der Waals surface area contributed by atoms with Crippen molar-refractivity contribution in [1.29, 1.82) is 0 Å². The molecule has 0 aliphatic heterocycles. The molecular formula is C10H13N3S. The molecule has 0 aliphatic carbocycles. The lowest BCUT2D eigenvalue weighted by Gasteiger charge is -1.99. The highest BCUT2D eigenvalue weighted by Crippen LogP contribution is 2.10. The van der Waals surface area contributed by atoms with Crippen LogP contribution in [0.25, 0.3) is 0 Å². The Bertz CT molecular complexity index is 378. The Morgan fingerprint density at radius 2 is 2.43 bits per heavy atom. The number of H-pyrrole nitrogens is 1. The van der Waals surface area contributed by atoms with Crippen molar-refractivity contribution in [3.05, 3.63) is 40.1 Å². The van der Waals surface area contributed by atoms with Crippen LogP contribution >= 0.6 is 11.3 Å². The molecule has 0 spiro atoms. The molecule has 0 fully saturated rings. The van der Waals surface area contributed by atoms with Crippen LogP contribution < -0.4 is 5.32 Å². The minimum absolute atomic E-state index is 0.879. The largest absolute Gasteiger partial charge is 0.364 e. The summed E-state index contributed by atoms with van der Waals surface area (Å²) in [6.07, 6.45) is 3.87. The summed E-state index contributed by atoms with van der Waals surface area (Å²) in [7, 11) is 0. The van der Waals surface area contributed by atoms with Gasteiger partial charge in [-0.15, -0.1) is 11.3 Å². The molecule has 0 bridgehead atoms. The maximum Gasteiger partial charge on any atom is 0.0897 e. The van der Waals surface area contributed by atoms with Crippen molar-refractivity contribution in [2.24, 2.45) is 0 Å². The average molecular weight is 207 g/mol. The second kappa shape index (κ2) is 4.39. The van der Waals surface area contributed by atoms with Crippen molar-refractivity contribution < 1.29 is 0 Å². The van der Waals surface area contributed by atoms with Crippen LogP contribution in [0.2, 0.25) is 0 Å². The number of rotatable bonds is 4. The summed E-state index contributed by atoms with van der Waals surface area (Å²) in [5.74, 6) is 0. The van der Waals surface area contributed by atoms with E-state index in [1.165, 1.54) is 10.6 Å². The van der Waals surface area contributed by atoms with Gasteiger partial charge in [0, 0.05) is 36.1 Å². The maximum atomic E-state index is 4.20. The van der Waals surface area contributed by atoms with E-state index < -0.39 is 0 Å². The van der Waals surface area contributed by atoms with Crippen LogP contribution in [0.4, 0.5) is 0 Å². The third-order valence-electron chi connectivity index (χ3n) is 1.95. The summed E-state index contributed by atoms with van der Waals surface area (Å²) in [5.41, 5.74) is 1.21. The zero-order valence-electron chi connectivity index (χ0n) is 8.08. The SMILES string of the molecule is Cc1ncc(CNCc2ccc[nH]2)s1. The number of hydrogen-bond donors (Lipinski definition) is 2. The smallest absolute Gasteiger partial charge is 0.0897 e. The van der Waals surface area contributed by atoms with E-state index in [4.69, 9.17) is 0 Å². The molecule has 0 saturated carbocycles. The molecule has 74 valence electrons. The molecule has 0 atom stereocenters. The van der Waals surface area contributed by atoms with Gasteiger partial charge in [0.25, 0.3) is 0 Å². The van der Waals surface area contributed by atoms with Crippen LogP contribution in [0, 0.1) is 6.92 Å². The molecule has 2 N–H and O–H groups in total. The third-order valence-corrected chi connectivity index (χ3v) is 2.86. The molecule has 3 nitrogen and oxygen atoms in total. The van der Waals surface area contributed by atoms with Crippen LogP contribution in [0.15, 0.2) is 24.5 Å². The molecule has 2 rings (SSSR count). The molecule has 0 aliphatic rings. The minimum Gasteiger partial charge on any atom is -0.364 e. The monoisotopic (exact) mass is 207 g/mol. The minimum atomic E-state index is 0.879. The van der Waals surface area contributed by atoms with Gasteiger partial charge in [0.2, 0.25) is 0 Å². The Labute approximate surface area is 87.2 Å². The van der Waals surface area contributed by atoms with Crippen LogP contribution in [0.1, 0.15) is 15.6 Å². The van der Waals surface area contributed by atoms with E-state index in [1.54, 1.807) is 11.3 Å². The fraction of sp³-hybridized carbons (Fsp3) is 0.300. The van der Waals surface area contributed by atoms with Gasteiger partial charge in [-0.05, 0) is 19.1 Å². The first-order chi connectivity index (χ1) is 6.84. The number of aromatic amines is 1. The Kier molecular flexibility index (Phi) is 2.96. The molecule has 2 heterocycles. The quantitative estimate of drug-likeness (QED) is 0.805. The number of nitrogens with zero attached hydrogens (tertiary/aromatic N) is 1. The van der Waals surface area contributed by atoms with Gasteiger partial charge >= 0.3 is 0 Å². The van der Waals surface area contributed by atoms with Gasteiger partial charge in [0.05, 0.1) is 5.01 Å². The summed E-state index contributed by atoms with van der Waals surface area (Å²) in [6.45, 7) is 3.80. The summed E-state index contributed by atoms with van der Waals surface area (Å²) in [6, 6.07) is 4.08. The predicted molar refractivity (Wildman–Crippen MR) is 58.2 cm³/mol. The van der Waals surface area contributed by atoms with E-state index in [-0.39, 0.29) is 0 Å². The Morgan fingerprint density at radius 3 is 3.07 bits per heavy atom. The average Bonchev–Trinajstić information content (AvgIpc) is 2.77. The van der Waals surface area contributed by atoms with Gasteiger partial charge in [-0.3, -0.25) is 0 Å². The second-order valence-electron chi connectivity index (χ2n) is 3.14. The van der Waals surface area contributed by atoms with Crippen molar-refractivity contribution in [2.75, 3.05) is 0 Å². The van der Waals surface area contributed by atoms with Crippen molar-refractivity contribution in [1.82, 2.24) is 15.3 Å².